The molecule has 1 saturated carbocycles. The predicted octanol–water partition coefficient (Wildman–Crippen LogP) is 4.89. The van der Waals surface area contributed by atoms with Crippen LogP contribution in [0.1, 0.15) is 24.1 Å². The molecule has 0 spiro atoms. The third-order valence-corrected chi connectivity index (χ3v) is 5.82. The molecule has 0 radical (unpaired) electrons. The number of nitrogens with one attached hydrogen (secondary N) is 3. The Kier molecular flexibility index (Phi) is 6.62. The minimum Gasteiger partial charge on any atom is -0.398 e. The lowest BCUT2D eigenvalue weighted by atomic mass is 10.1. The summed E-state index contributed by atoms with van der Waals surface area (Å²) in [6.07, 6.45) is -1.54. The number of carbonyl (C=O) groups is 2. The molecule has 2 heterocycles. The highest BCUT2D eigenvalue weighted by Gasteiger charge is 2.51. The molecular weight excluding hydrogens is 495 g/mol. The minimum absolute atomic E-state index is 0.0261. The van der Waals surface area contributed by atoms with Crippen LogP contribution in [0, 0.1) is 0 Å². The smallest absolute Gasteiger partial charge is 0.398 e. The number of carbonyl (C=O) groups excluding carboxylic acids is 2. The molecule has 178 valence electrons. The number of hydrogen-bond donors (Lipinski definition) is 3. The summed E-state index contributed by atoms with van der Waals surface area (Å²) in [6.45, 7) is 0.0706. The van der Waals surface area contributed by atoms with Gasteiger partial charge in [-0.05, 0) is 43.2 Å². The number of alkyl halides is 3. The van der Waals surface area contributed by atoms with Crippen LogP contribution < -0.4 is 20.7 Å². The number of amides is 2. The Morgan fingerprint density at radius 3 is 2.59 bits per heavy atom. The van der Waals surface area contributed by atoms with Crippen molar-refractivity contribution in [2.24, 2.45) is 0 Å². The molecule has 13 heteroatoms. The Balaban J connectivity index is 1.32. The second-order valence-corrected chi connectivity index (χ2v) is 8.69. The lowest BCUT2D eigenvalue weighted by Gasteiger charge is -2.17. The van der Waals surface area contributed by atoms with Gasteiger partial charge in [-0.1, -0.05) is 11.6 Å². The van der Waals surface area contributed by atoms with Gasteiger partial charge in [-0.3, -0.25) is 9.78 Å². The van der Waals surface area contributed by atoms with Crippen molar-refractivity contribution in [3.05, 3.63) is 65.1 Å². The maximum absolute atomic E-state index is 13.3. The van der Waals surface area contributed by atoms with Crippen LogP contribution in [0.4, 0.5) is 29.3 Å². The van der Waals surface area contributed by atoms with Crippen molar-refractivity contribution < 1.29 is 27.5 Å². The summed E-state index contributed by atoms with van der Waals surface area (Å²) in [4.78, 5) is 28.7. The van der Waals surface area contributed by atoms with Crippen molar-refractivity contribution >= 4 is 46.5 Å². The molecule has 34 heavy (non-hydrogen) atoms. The largest absolute Gasteiger partial charge is 0.418 e. The first-order chi connectivity index (χ1) is 16.1. The van der Waals surface area contributed by atoms with Gasteiger partial charge < -0.3 is 20.7 Å². The zero-order valence-electron chi connectivity index (χ0n) is 17.3. The zero-order valence-corrected chi connectivity index (χ0v) is 18.9. The topological polar surface area (TPSA) is 105 Å². The quantitative estimate of drug-likeness (QED) is 0.417. The van der Waals surface area contributed by atoms with E-state index in [9.17, 15) is 22.8 Å². The summed E-state index contributed by atoms with van der Waals surface area (Å²) in [7, 11) is 0. The number of benzene rings is 1. The van der Waals surface area contributed by atoms with Crippen LogP contribution in [0.15, 0.2) is 48.8 Å². The highest BCUT2D eigenvalue weighted by atomic mass is 35.5. The number of rotatable bonds is 7. The van der Waals surface area contributed by atoms with Gasteiger partial charge in [0.15, 0.2) is 0 Å². The number of nitrogens with zero attached hydrogens (tertiary/aromatic N) is 2. The van der Waals surface area contributed by atoms with E-state index in [2.05, 4.69) is 25.3 Å². The number of aromatic nitrogens is 2. The van der Waals surface area contributed by atoms with Crippen molar-refractivity contribution in [2.75, 3.05) is 5.32 Å². The molecule has 8 nitrogen and oxygen atoms in total. The molecule has 0 saturated heterocycles. The van der Waals surface area contributed by atoms with Crippen LogP contribution in [0.5, 0.6) is 5.06 Å². The number of hydrogen-bond acceptors (Lipinski definition) is 7. The average Bonchev–Trinajstić information content (AvgIpc) is 3.38. The summed E-state index contributed by atoms with van der Waals surface area (Å²) >= 11 is 6.70. The van der Waals surface area contributed by atoms with Gasteiger partial charge in [0.1, 0.15) is 5.54 Å². The SMILES string of the molecule is O=C(NC1(C(=O)NCc2ccc(Nc3ccc(Cl)cc3C(F)(F)F)cn2)CC1)Oc1ccns1. The molecule has 2 amide bonds. The molecule has 3 N–H and O–H groups in total. The standard InChI is InChI=1S/C21H17ClF3N5O3S/c22-12-1-4-16(15(9-12)21(23,24)25)29-14-3-2-13(26-11-14)10-27-18(31)20(6-7-20)30-19(32)33-17-5-8-28-34-17/h1-5,8-9,11,29H,6-7,10H2,(H,27,31)(H,30,32). The van der Waals surface area contributed by atoms with Gasteiger partial charge in [0.2, 0.25) is 11.0 Å². The molecule has 1 aromatic carbocycles. The monoisotopic (exact) mass is 511 g/mol. The fourth-order valence-electron chi connectivity index (χ4n) is 3.06. The van der Waals surface area contributed by atoms with Crippen molar-refractivity contribution in [3.63, 3.8) is 0 Å². The van der Waals surface area contributed by atoms with E-state index in [4.69, 9.17) is 16.3 Å². The number of pyridine rings is 1. The summed E-state index contributed by atoms with van der Waals surface area (Å²) in [5.74, 6) is -0.381. The average molecular weight is 512 g/mol. The second kappa shape index (κ2) is 9.47. The zero-order chi connectivity index (χ0) is 24.3. The van der Waals surface area contributed by atoms with Crippen molar-refractivity contribution in [3.8, 4) is 5.06 Å². The summed E-state index contributed by atoms with van der Waals surface area (Å²) in [5, 5.41) is 8.24. The van der Waals surface area contributed by atoms with E-state index in [-0.39, 0.29) is 23.2 Å². The van der Waals surface area contributed by atoms with Gasteiger partial charge in [-0.25, -0.2) is 4.79 Å². The lowest BCUT2D eigenvalue weighted by Crippen LogP contribution is -2.49. The minimum atomic E-state index is -4.58. The third kappa shape index (κ3) is 5.75. The van der Waals surface area contributed by atoms with E-state index in [0.717, 1.165) is 17.6 Å². The van der Waals surface area contributed by atoms with Crippen LogP contribution in [-0.4, -0.2) is 26.9 Å². The molecule has 0 unspecified atom stereocenters. The maximum atomic E-state index is 13.3. The normalized spacial score (nSPS) is 14.2. The predicted molar refractivity (Wildman–Crippen MR) is 119 cm³/mol. The molecule has 2 aromatic heterocycles. The molecule has 3 aromatic rings. The van der Waals surface area contributed by atoms with E-state index in [1.807, 2.05) is 0 Å². The van der Waals surface area contributed by atoms with Gasteiger partial charge in [-0.2, -0.15) is 17.5 Å². The highest BCUT2D eigenvalue weighted by molar-refractivity contribution is 7.07. The van der Waals surface area contributed by atoms with Crippen LogP contribution in [0.2, 0.25) is 5.02 Å². The highest BCUT2D eigenvalue weighted by Crippen LogP contribution is 2.38. The van der Waals surface area contributed by atoms with Crippen LogP contribution in [0.25, 0.3) is 0 Å². The molecule has 1 fully saturated rings. The molecule has 4 rings (SSSR count). The molecule has 0 atom stereocenters. The van der Waals surface area contributed by atoms with E-state index in [1.165, 1.54) is 30.6 Å². The molecule has 0 aliphatic heterocycles. The molecule has 1 aliphatic rings. The first kappa shape index (κ1) is 23.8. The molecular formula is C21H17ClF3N5O3S. The van der Waals surface area contributed by atoms with Gasteiger partial charge in [0, 0.05) is 28.8 Å². The molecule has 1 aliphatic carbocycles. The summed E-state index contributed by atoms with van der Waals surface area (Å²) in [5.41, 5.74) is -1.28. The first-order valence-electron chi connectivity index (χ1n) is 9.92. The lowest BCUT2D eigenvalue weighted by molar-refractivity contribution is -0.137. The second-order valence-electron chi connectivity index (χ2n) is 7.46. The fraction of sp³-hybridized carbons (Fsp3) is 0.238. The van der Waals surface area contributed by atoms with Gasteiger partial charge in [0.25, 0.3) is 0 Å². The van der Waals surface area contributed by atoms with Gasteiger partial charge in [0.05, 0.1) is 35.4 Å². The van der Waals surface area contributed by atoms with Crippen LogP contribution >= 0.6 is 23.1 Å². The van der Waals surface area contributed by atoms with Crippen molar-refractivity contribution in [2.45, 2.75) is 31.1 Å². The fourth-order valence-corrected chi connectivity index (χ4v) is 3.69. The first-order valence-corrected chi connectivity index (χ1v) is 11.1. The Labute approximate surface area is 200 Å². The van der Waals surface area contributed by atoms with Crippen molar-refractivity contribution in [1.82, 2.24) is 20.0 Å². The Morgan fingerprint density at radius 1 is 1.18 bits per heavy atom. The maximum Gasteiger partial charge on any atom is 0.418 e. The summed E-state index contributed by atoms with van der Waals surface area (Å²) in [6, 6.07) is 8.07. The van der Waals surface area contributed by atoms with Crippen molar-refractivity contribution in [1.29, 1.82) is 0 Å². The van der Waals surface area contributed by atoms with Crippen LogP contribution in [0.3, 0.4) is 0 Å². The number of anilines is 2. The van der Waals surface area contributed by atoms with E-state index < -0.39 is 23.4 Å². The summed E-state index contributed by atoms with van der Waals surface area (Å²) < 4.78 is 48.7. The third-order valence-electron chi connectivity index (χ3n) is 4.95. The van der Waals surface area contributed by atoms with E-state index >= 15 is 0 Å². The molecule has 0 bridgehead atoms. The van der Waals surface area contributed by atoms with Gasteiger partial charge in [-0.15, -0.1) is 0 Å². The number of ether oxygens (including phenoxy) is 1. The Hall–Kier alpha value is -3.38. The number of halogens is 4. The Morgan fingerprint density at radius 2 is 1.97 bits per heavy atom. The Bertz CT molecular complexity index is 1190. The van der Waals surface area contributed by atoms with Crippen LogP contribution in [-0.2, 0) is 17.5 Å². The van der Waals surface area contributed by atoms with E-state index in [1.54, 1.807) is 12.1 Å². The van der Waals surface area contributed by atoms with E-state index in [0.29, 0.717) is 29.3 Å². The van der Waals surface area contributed by atoms with Gasteiger partial charge >= 0.3 is 12.3 Å².